The summed E-state index contributed by atoms with van der Waals surface area (Å²) in [5, 5.41) is 7.75. The van der Waals surface area contributed by atoms with E-state index in [4.69, 9.17) is 5.10 Å². The first-order valence-electron chi connectivity index (χ1n) is 9.12. The zero-order valence-electron chi connectivity index (χ0n) is 15.0. The molecule has 4 heteroatoms. The minimum absolute atomic E-state index is 0.0901. The van der Waals surface area contributed by atoms with Crippen LogP contribution in [0.4, 0.5) is 5.69 Å². The van der Waals surface area contributed by atoms with Crippen LogP contribution in [-0.4, -0.2) is 15.7 Å². The van der Waals surface area contributed by atoms with Crippen LogP contribution < -0.4 is 5.32 Å². The van der Waals surface area contributed by atoms with Crippen molar-refractivity contribution in [3.8, 4) is 16.9 Å². The number of para-hydroxylation sites is 2. The first-order valence-corrected chi connectivity index (χ1v) is 9.12. The SMILES string of the molecule is O=C1Nc2ccccc2C1=Cc1cn(-c2ccccc2)nc1-c1ccccc1. The van der Waals surface area contributed by atoms with Crippen molar-refractivity contribution in [2.45, 2.75) is 0 Å². The highest BCUT2D eigenvalue weighted by molar-refractivity contribution is 6.35. The lowest BCUT2D eigenvalue weighted by atomic mass is 10.0. The molecule has 28 heavy (non-hydrogen) atoms. The highest BCUT2D eigenvalue weighted by Crippen LogP contribution is 2.34. The molecule has 0 bridgehead atoms. The summed E-state index contributed by atoms with van der Waals surface area (Å²) < 4.78 is 1.85. The number of nitrogens with zero attached hydrogens (tertiary/aromatic N) is 2. The number of anilines is 1. The average molecular weight is 363 g/mol. The molecule has 0 fully saturated rings. The molecular weight excluding hydrogens is 346 g/mol. The maximum Gasteiger partial charge on any atom is 0.256 e. The number of hydrogen-bond donors (Lipinski definition) is 1. The van der Waals surface area contributed by atoms with Gasteiger partial charge in [-0.2, -0.15) is 5.10 Å². The van der Waals surface area contributed by atoms with Crippen molar-refractivity contribution >= 4 is 23.2 Å². The molecule has 0 radical (unpaired) electrons. The van der Waals surface area contributed by atoms with E-state index in [0.29, 0.717) is 5.57 Å². The molecule has 0 unspecified atom stereocenters. The molecule has 2 heterocycles. The fourth-order valence-electron chi connectivity index (χ4n) is 3.46. The Morgan fingerprint density at radius 2 is 1.50 bits per heavy atom. The Hall–Kier alpha value is -3.92. The van der Waals surface area contributed by atoms with Crippen molar-refractivity contribution in [1.29, 1.82) is 0 Å². The zero-order chi connectivity index (χ0) is 18.9. The molecule has 0 aliphatic carbocycles. The monoisotopic (exact) mass is 363 g/mol. The summed E-state index contributed by atoms with van der Waals surface area (Å²) in [6.45, 7) is 0. The first-order chi connectivity index (χ1) is 13.8. The Kier molecular flexibility index (Phi) is 3.87. The van der Waals surface area contributed by atoms with Crippen LogP contribution in [0.25, 0.3) is 28.6 Å². The van der Waals surface area contributed by atoms with Crippen molar-refractivity contribution in [2.75, 3.05) is 5.32 Å². The van der Waals surface area contributed by atoms with Crippen LogP contribution in [0.15, 0.2) is 91.1 Å². The van der Waals surface area contributed by atoms with Crippen LogP contribution in [0.3, 0.4) is 0 Å². The molecule has 134 valence electrons. The molecule has 1 amide bonds. The van der Waals surface area contributed by atoms with E-state index in [1.807, 2.05) is 102 Å². The fourth-order valence-corrected chi connectivity index (χ4v) is 3.46. The Morgan fingerprint density at radius 3 is 2.29 bits per heavy atom. The number of amides is 1. The van der Waals surface area contributed by atoms with Gasteiger partial charge in [0.05, 0.1) is 11.4 Å². The van der Waals surface area contributed by atoms with E-state index < -0.39 is 0 Å². The number of carbonyl (C=O) groups is 1. The number of nitrogens with one attached hydrogen (secondary N) is 1. The molecule has 1 aliphatic rings. The van der Waals surface area contributed by atoms with Gasteiger partial charge in [0, 0.05) is 34.1 Å². The summed E-state index contributed by atoms with van der Waals surface area (Å²) in [5.41, 5.74) is 6.14. The van der Waals surface area contributed by atoms with E-state index in [-0.39, 0.29) is 5.91 Å². The molecule has 0 atom stereocenters. The average Bonchev–Trinajstić information content (AvgIpc) is 3.31. The first kappa shape index (κ1) is 16.3. The maximum atomic E-state index is 12.6. The van der Waals surface area contributed by atoms with E-state index in [1.54, 1.807) is 0 Å². The predicted octanol–water partition coefficient (Wildman–Crippen LogP) is 5.03. The number of fused-ring (bicyclic) bond motifs is 1. The Bertz CT molecular complexity index is 1190. The molecule has 1 aliphatic heterocycles. The number of aromatic nitrogens is 2. The van der Waals surface area contributed by atoms with E-state index >= 15 is 0 Å². The Morgan fingerprint density at radius 1 is 0.821 bits per heavy atom. The fraction of sp³-hybridized carbons (Fsp3) is 0. The van der Waals surface area contributed by atoms with Crippen LogP contribution in [0.2, 0.25) is 0 Å². The minimum atomic E-state index is -0.0901. The van der Waals surface area contributed by atoms with Crippen LogP contribution in [-0.2, 0) is 4.79 Å². The standard InChI is InChI=1S/C24H17N3O/c28-24-21(20-13-7-8-14-22(20)25-24)15-18-16-27(19-11-5-2-6-12-19)26-23(18)17-9-3-1-4-10-17/h1-16H,(H,25,28). The van der Waals surface area contributed by atoms with Crippen molar-refractivity contribution in [3.63, 3.8) is 0 Å². The van der Waals surface area contributed by atoms with Gasteiger partial charge < -0.3 is 5.32 Å². The molecule has 5 rings (SSSR count). The summed E-state index contributed by atoms with van der Waals surface area (Å²) >= 11 is 0. The Labute approximate surface area is 162 Å². The predicted molar refractivity (Wildman–Crippen MR) is 112 cm³/mol. The molecule has 0 saturated carbocycles. The second-order valence-electron chi connectivity index (χ2n) is 6.64. The van der Waals surface area contributed by atoms with Gasteiger partial charge in [0.15, 0.2) is 0 Å². The number of hydrogen-bond acceptors (Lipinski definition) is 2. The lowest BCUT2D eigenvalue weighted by Crippen LogP contribution is -2.03. The molecule has 4 nitrogen and oxygen atoms in total. The van der Waals surface area contributed by atoms with Crippen LogP contribution in [0, 0.1) is 0 Å². The number of rotatable bonds is 3. The number of benzene rings is 3. The summed E-state index contributed by atoms with van der Waals surface area (Å²) in [5.74, 6) is -0.0901. The van der Waals surface area contributed by atoms with Gasteiger partial charge in [0.1, 0.15) is 0 Å². The molecule has 1 N–H and O–H groups in total. The van der Waals surface area contributed by atoms with Gasteiger partial charge in [-0.15, -0.1) is 0 Å². The van der Waals surface area contributed by atoms with Crippen LogP contribution in [0.1, 0.15) is 11.1 Å². The zero-order valence-corrected chi connectivity index (χ0v) is 15.0. The highest BCUT2D eigenvalue weighted by Gasteiger charge is 2.24. The number of carbonyl (C=O) groups excluding carboxylic acids is 1. The molecular formula is C24H17N3O. The minimum Gasteiger partial charge on any atom is -0.321 e. The molecule has 3 aromatic carbocycles. The van der Waals surface area contributed by atoms with E-state index in [1.165, 1.54) is 0 Å². The normalized spacial score (nSPS) is 14.1. The largest absolute Gasteiger partial charge is 0.321 e. The third-order valence-corrected chi connectivity index (χ3v) is 4.82. The third-order valence-electron chi connectivity index (χ3n) is 4.82. The van der Waals surface area contributed by atoms with Crippen LogP contribution in [0.5, 0.6) is 0 Å². The molecule has 0 saturated heterocycles. The van der Waals surface area contributed by atoms with Crippen molar-refractivity contribution < 1.29 is 4.79 Å². The molecule has 1 aromatic heterocycles. The van der Waals surface area contributed by atoms with Gasteiger partial charge in [-0.1, -0.05) is 66.7 Å². The van der Waals surface area contributed by atoms with Crippen LogP contribution >= 0.6 is 0 Å². The van der Waals surface area contributed by atoms with E-state index in [2.05, 4.69) is 5.32 Å². The topological polar surface area (TPSA) is 46.9 Å². The quantitative estimate of drug-likeness (QED) is 0.519. The summed E-state index contributed by atoms with van der Waals surface area (Å²) in [6.07, 6.45) is 3.90. The van der Waals surface area contributed by atoms with Crippen molar-refractivity contribution in [1.82, 2.24) is 9.78 Å². The van der Waals surface area contributed by atoms with Crippen molar-refractivity contribution in [3.05, 3.63) is 102 Å². The Balaban J connectivity index is 1.69. The van der Waals surface area contributed by atoms with E-state index in [9.17, 15) is 4.79 Å². The van der Waals surface area contributed by atoms with Gasteiger partial charge >= 0.3 is 0 Å². The summed E-state index contributed by atoms with van der Waals surface area (Å²) in [6, 6.07) is 27.7. The molecule has 4 aromatic rings. The summed E-state index contributed by atoms with van der Waals surface area (Å²) in [7, 11) is 0. The lowest BCUT2D eigenvalue weighted by molar-refractivity contribution is -0.110. The third kappa shape index (κ3) is 2.81. The lowest BCUT2D eigenvalue weighted by Gasteiger charge is -2.00. The second-order valence-corrected chi connectivity index (χ2v) is 6.64. The molecule has 0 spiro atoms. The highest BCUT2D eigenvalue weighted by atomic mass is 16.2. The van der Waals surface area contributed by atoms with Gasteiger partial charge in [-0.05, 0) is 24.3 Å². The van der Waals surface area contributed by atoms with Crippen molar-refractivity contribution in [2.24, 2.45) is 0 Å². The van der Waals surface area contributed by atoms with Gasteiger partial charge in [0.2, 0.25) is 0 Å². The van der Waals surface area contributed by atoms with Gasteiger partial charge in [-0.25, -0.2) is 4.68 Å². The second kappa shape index (κ2) is 6.67. The summed E-state index contributed by atoms with van der Waals surface area (Å²) in [4.78, 5) is 12.6. The maximum absolute atomic E-state index is 12.6. The van der Waals surface area contributed by atoms with Gasteiger partial charge in [-0.3, -0.25) is 4.79 Å². The van der Waals surface area contributed by atoms with E-state index in [0.717, 1.165) is 33.8 Å². The smallest absolute Gasteiger partial charge is 0.256 e. The van der Waals surface area contributed by atoms with Gasteiger partial charge in [0.25, 0.3) is 5.91 Å².